The van der Waals surface area contributed by atoms with Gasteiger partial charge in [-0.2, -0.15) is 0 Å². The van der Waals surface area contributed by atoms with Crippen LogP contribution in [0.25, 0.3) is 11.3 Å². The maximum absolute atomic E-state index is 9.19. The molecule has 0 bridgehead atoms. The second-order valence-electron chi connectivity index (χ2n) is 6.97. The van der Waals surface area contributed by atoms with Crippen LogP contribution in [0.15, 0.2) is 36.7 Å². The van der Waals surface area contributed by atoms with Crippen molar-refractivity contribution in [3.8, 4) is 11.3 Å². The van der Waals surface area contributed by atoms with Crippen molar-refractivity contribution in [2.75, 3.05) is 57.3 Å². The number of aliphatic hydroxyl groups excluding tert-OH is 1. The van der Waals surface area contributed by atoms with E-state index in [0.29, 0.717) is 0 Å². The number of nitrogens with zero attached hydrogens (tertiary/aromatic N) is 5. The second-order valence-corrected chi connectivity index (χ2v) is 6.97. The van der Waals surface area contributed by atoms with E-state index >= 15 is 0 Å². The van der Waals surface area contributed by atoms with Gasteiger partial charge in [0.1, 0.15) is 5.82 Å². The molecule has 1 N–H and O–H groups in total. The monoisotopic (exact) mass is 369 g/mol. The highest BCUT2D eigenvalue weighted by Crippen LogP contribution is 2.21. The van der Waals surface area contributed by atoms with Crippen molar-refractivity contribution in [3.05, 3.63) is 42.2 Å². The molecule has 0 radical (unpaired) electrons. The predicted octanol–water partition coefficient (Wildman–Crippen LogP) is 2.10. The van der Waals surface area contributed by atoms with Crippen molar-refractivity contribution in [2.24, 2.45) is 0 Å². The highest BCUT2D eigenvalue weighted by atomic mass is 16.3. The third kappa shape index (κ3) is 5.25. The first-order valence-electron chi connectivity index (χ1n) is 9.95. The summed E-state index contributed by atoms with van der Waals surface area (Å²) in [6.45, 7) is 13.1. The first-order chi connectivity index (χ1) is 13.2. The molecule has 1 aliphatic heterocycles. The predicted molar refractivity (Wildman–Crippen MR) is 110 cm³/mol. The summed E-state index contributed by atoms with van der Waals surface area (Å²) in [6, 6.07) is 7.84. The largest absolute Gasteiger partial charge is 0.392 e. The molecule has 2 aromatic rings. The van der Waals surface area contributed by atoms with Gasteiger partial charge >= 0.3 is 0 Å². The number of hydrogen-bond donors (Lipinski definition) is 1. The zero-order chi connectivity index (χ0) is 19.1. The Bertz CT molecular complexity index is 694. The zero-order valence-corrected chi connectivity index (χ0v) is 16.5. The Labute approximate surface area is 162 Å². The van der Waals surface area contributed by atoms with Crippen LogP contribution in [-0.2, 0) is 6.61 Å². The molecule has 3 rings (SSSR count). The number of benzene rings is 1. The normalized spacial score (nSPS) is 15.5. The first-order valence-corrected chi connectivity index (χ1v) is 9.95. The standard InChI is InChI=1S/C21H31N5O/c1-3-24(4-2)9-10-25-11-13-26(14-12-25)21-16-22-15-20(23-21)19-7-5-18(17-27)6-8-19/h5-8,15-16,27H,3-4,9-14,17H2,1-2H3. The maximum atomic E-state index is 9.19. The lowest BCUT2D eigenvalue weighted by atomic mass is 10.1. The van der Waals surface area contributed by atoms with Crippen LogP contribution in [0.4, 0.5) is 5.82 Å². The molecule has 0 spiro atoms. The topological polar surface area (TPSA) is 55.7 Å². The number of hydrogen-bond acceptors (Lipinski definition) is 6. The van der Waals surface area contributed by atoms with Gasteiger partial charge in [0.2, 0.25) is 0 Å². The molecule has 2 heterocycles. The molecule has 0 unspecified atom stereocenters. The fourth-order valence-corrected chi connectivity index (χ4v) is 3.45. The molecule has 0 saturated carbocycles. The molecular formula is C21H31N5O. The average molecular weight is 370 g/mol. The number of rotatable bonds is 8. The van der Waals surface area contributed by atoms with Gasteiger partial charge in [0.15, 0.2) is 0 Å². The quantitative estimate of drug-likeness (QED) is 0.769. The summed E-state index contributed by atoms with van der Waals surface area (Å²) in [5.74, 6) is 0.946. The Morgan fingerprint density at radius 3 is 2.33 bits per heavy atom. The summed E-state index contributed by atoms with van der Waals surface area (Å²) in [6.07, 6.45) is 3.66. The van der Waals surface area contributed by atoms with Crippen LogP contribution in [0.3, 0.4) is 0 Å². The smallest absolute Gasteiger partial charge is 0.147 e. The Kier molecular flexibility index (Phi) is 7.15. The van der Waals surface area contributed by atoms with E-state index in [1.807, 2.05) is 30.5 Å². The van der Waals surface area contributed by atoms with Gasteiger partial charge in [-0.15, -0.1) is 0 Å². The van der Waals surface area contributed by atoms with E-state index in [4.69, 9.17) is 4.98 Å². The number of piperazine rings is 1. The minimum Gasteiger partial charge on any atom is -0.392 e. The molecule has 0 aliphatic carbocycles. The summed E-state index contributed by atoms with van der Waals surface area (Å²) in [5, 5.41) is 9.19. The van der Waals surface area contributed by atoms with E-state index in [-0.39, 0.29) is 6.61 Å². The van der Waals surface area contributed by atoms with Crippen molar-refractivity contribution >= 4 is 5.82 Å². The van der Waals surface area contributed by atoms with Crippen LogP contribution in [0.2, 0.25) is 0 Å². The van der Waals surface area contributed by atoms with Crippen LogP contribution < -0.4 is 4.90 Å². The van der Waals surface area contributed by atoms with E-state index < -0.39 is 0 Å². The number of aliphatic hydroxyl groups is 1. The molecule has 1 fully saturated rings. The van der Waals surface area contributed by atoms with Gasteiger partial charge in [-0.1, -0.05) is 38.1 Å². The van der Waals surface area contributed by atoms with Crippen LogP contribution in [0.1, 0.15) is 19.4 Å². The van der Waals surface area contributed by atoms with Crippen molar-refractivity contribution in [2.45, 2.75) is 20.5 Å². The fourth-order valence-electron chi connectivity index (χ4n) is 3.45. The van der Waals surface area contributed by atoms with Gasteiger partial charge in [-0.05, 0) is 18.7 Å². The number of aromatic nitrogens is 2. The van der Waals surface area contributed by atoms with Gasteiger partial charge < -0.3 is 14.9 Å². The maximum Gasteiger partial charge on any atom is 0.147 e. The van der Waals surface area contributed by atoms with Crippen LogP contribution in [-0.4, -0.2) is 77.2 Å². The molecule has 146 valence electrons. The molecule has 1 aromatic heterocycles. The Morgan fingerprint density at radius 2 is 1.70 bits per heavy atom. The molecule has 27 heavy (non-hydrogen) atoms. The van der Waals surface area contributed by atoms with Gasteiger partial charge in [0.05, 0.1) is 24.7 Å². The summed E-state index contributed by atoms with van der Waals surface area (Å²) in [7, 11) is 0. The van der Waals surface area contributed by atoms with Crippen molar-refractivity contribution in [1.29, 1.82) is 0 Å². The van der Waals surface area contributed by atoms with E-state index in [0.717, 1.165) is 75.0 Å². The molecule has 6 heteroatoms. The molecule has 0 amide bonds. The lowest BCUT2D eigenvalue weighted by Crippen LogP contribution is -2.48. The lowest BCUT2D eigenvalue weighted by Gasteiger charge is -2.36. The molecule has 0 atom stereocenters. The Hall–Kier alpha value is -2.02. The van der Waals surface area contributed by atoms with E-state index in [1.165, 1.54) is 0 Å². The summed E-state index contributed by atoms with van der Waals surface area (Å²) < 4.78 is 0. The lowest BCUT2D eigenvalue weighted by molar-refractivity contribution is 0.205. The molecule has 1 aliphatic rings. The molecular weight excluding hydrogens is 338 g/mol. The van der Waals surface area contributed by atoms with E-state index in [9.17, 15) is 5.11 Å². The third-order valence-corrected chi connectivity index (χ3v) is 5.38. The fraction of sp³-hybridized carbons (Fsp3) is 0.524. The zero-order valence-electron chi connectivity index (χ0n) is 16.5. The van der Waals surface area contributed by atoms with Crippen molar-refractivity contribution in [1.82, 2.24) is 19.8 Å². The van der Waals surface area contributed by atoms with Gasteiger partial charge in [-0.3, -0.25) is 9.88 Å². The third-order valence-electron chi connectivity index (χ3n) is 5.38. The SMILES string of the molecule is CCN(CC)CCN1CCN(c2cncc(-c3ccc(CO)cc3)n2)CC1. The first kappa shape index (κ1) is 19.7. The van der Waals surface area contributed by atoms with Gasteiger partial charge in [0, 0.05) is 44.8 Å². The van der Waals surface area contributed by atoms with Crippen LogP contribution in [0, 0.1) is 0 Å². The summed E-state index contributed by atoms with van der Waals surface area (Å²) in [5.41, 5.74) is 2.81. The van der Waals surface area contributed by atoms with Gasteiger partial charge in [0.25, 0.3) is 0 Å². The highest BCUT2D eigenvalue weighted by molar-refractivity contribution is 5.60. The summed E-state index contributed by atoms with van der Waals surface area (Å²) in [4.78, 5) is 16.6. The highest BCUT2D eigenvalue weighted by Gasteiger charge is 2.19. The molecule has 1 aromatic carbocycles. The van der Waals surface area contributed by atoms with Crippen LogP contribution in [0.5, 0.6) is 0 Å². The Balaban J connectivity index is 1.58. The number of likely N-dealkylation sites (N-methyl/N-ethyl adjacent to an activating group) is 1. The van der Waals surface area contributed by atoms with Gasteiger partial charge in [-0.25, -0.2) is 4.98 Å². The average Bonchev–Trinajstić information content (AvgIpc) is 2.75. The number of anilines is 1. The van der Waals surface area contributed by atoms with Crippen LogP contribution >= 0.6 is 0 Å². The van der Waals surface area contributed by atoms with E-state index in [1.54, 1.807) is 6.20 Å². The molecule has 1 saturated heterocycles. The minimum absolute atomic E-state index is 0.0601. The summed E-state index contributed by atoms with van der Waals surface area (Å²) >= 11 is 0. The van der Waals surface area contributed by atoms with Crippen molar-refractivity contribution in [3.63, 3.8) is 0 Å². The van der Waals surface area contributed by atoms with Crippen molar-refractivity contribution < 1.29 is 5.11 Å². The molecule has 6 nitrogen and oxygen atoms in total. The Morgan fingerprint density at radius 1 is 1.00 bits per heavy atom. The minimum atomic E-state index is 0.0601. The van der Waals surface area contributed by atoms with E-state index in [2.05, 4.69) is 33.5 Å². The second kappa shape index (κ2) is 9.78.